The third kappa shape index (κ3) is 4.12. The molecule has 0 amide bonds. The van der Waals surface area contributed by atoms with Gasteiger partial charge in [0.15, 0.2) is 0 Å². The largest absolute Gasteiger partial charge is 0.416 e. The van der Waals surface area contributed by atoms with Gasteiger partial charge in [-0.3, -0.25) is 0 Å². The molecule has 0 atom stereocenters. The van der Waals surface area contributed by atoms with E-state index in [1.807, 2.05) is 45.0 Å². The lowest BCUT2D eigenvalue weighted by molar-refractivity contribution is -0.137. The van der Waals surface area contributed by atoms with Crippen LogP contribution in [0.15, 0.2) is 48.5 Å². The van der Waals surface area contributed by atoms with E-state index in [9.17, 15) is 13.2 Å². The highest BCUT2D eigenvalue weighted by atomic mass is 19.4. The van der Waals surface area contributed by atoms with Crippen LogP contribution >= 0.6 is 0 Å². The van der Waals surface area contributed by atoms with Crippen molar-refractivity contribution in [3.8, 4) is 11.1 Å². The van der Waals surface area contributed by atoms with Crippen LogP contribution in [-0.4, -0.2) is 0 Å². The van der Waals surface area contributed by atoms with Gasteiger partial charge in [0.25, 0.3) is 0 Å². The summed E-state index contributed by atoms with van der Waals surface area (Å²) in [5.74, 6) is 0. The van der Waals surface area contributed by atoms with Crippen molar-refractivity contribution in [1.82, 2.24) is 0 Å². The number of hydrogen-bond donors (Lipinski definition) is 0. The Morgan fingerprint density at radius 1 is 0.789 bits per heavy atom. The molecule has 0 aromatic heterocycles. The molecule has 0 saturated heterocycles. The Morgan fingerprint density at radius 2 is 1.37 bits per heavy atom. The maximum Gasteiger partial charge on any atom is 0.416 e. The van der Waals surface area contributed by atoms with E-state index in [0.717, 1.165) is 17.2 Å². The first-order valence-electron chi connectivity index (χ1n) is 6.21. The molecule has 0 aliphatic carbocycles. The number of halogens is 3. The Labute approximate surface area is 111 Å². The fraction of sp³-hybridized carbons (Fsp3) is 0.250. The Morgan fingerprint density at radius 3 is 1.89 bits per heavy atom. The van der Waals surface area contributed by atoms with Gasteiger partial charge in [-0.25, -0.2) is 0 Å². The van der Waals surface area contributed by atoms with E-state index in [2.05, 4.69) is 0 Å². The van der Waals surface area contributed by atoms with Gasteiger partial charge in [-0.1, -0.05) is 55.8 Å². The van der Waals surface area contributed by atoms with Crippen molar-refractivity contribution >= 4 is 0 Å². The second kappa shape index (κ2) is 6.41. The van der Waals surface area contributed by atoms with Gasteiger partial charge in [-0.05, 0) is 30.2 Å². The standard InChI is InChI=1S/C14H11F3.C2H6/c1-10-5-7-11(8-6-10)12-3-2-4-13(9-12)14(15,16)17;1-2/h2-9H,1H3;1-2H3. The average Bonchev–Trinajstić information content (AvgIpc) is 2.41. The quantitative estimate of drug-likeness (QED) is 0.620. The zero-order valence-electron chi connectivity index (χ0n) is 11.3. The van der Waals surface area contributed by atoms with Crippen LogP contribution in [0.1, 0.15) is 25.0 Å². The molecule has 0 bridgehead atoms. The van der Waals surface area contributed by atoms with Gasteiger partial charge in [0.05, 0.1) is 5.56 Å². The lowest BCUT2D eigenvalue weighted by atomic mass is 10.0. The van der Waals surface area contributed by atoms with Gasteiger partial charge in [0.1, 0.15) is 0 Å². The second-order valence-corrected chi connectivity index (χ2v) is 3.94. The number of hydrogen-bond acceptors (Lipinski definition) is 0. The predicted molar refractivity (Wildman–Crippen MR) is 73.0 cm³/mol. The molecule has 0 heterocycles. The van der Waals surface area contributed by atoms with Crippen LogP contribution < -0.4 is 0 Å². The van der Waals surface area contributed by atoms with Crippen LogP contribution in [-0.2, 0) is 6.18 Å². The number of rotatable bonds is 1. The van der Waals surface area contributed by atoms with Crippen LogP contribution in [0.5, 0.6) is 0 Å². The molecular formula is C16H17F3. The molecule has 2 aromatic carbocycles. The molecule has 0 fully saturated rings. The molecule has 0 aliphatic heterocycles. The summed E-state index contributed by atoms with van der Waals surface area (Å²) in [6, 6.07) is 12.8. The van der Waals surface area contributed by atoms with E-state index in [4.69, 9.17) is 0 Å². The summed E-state index contributed by atoms with van der Waals surface area (Å²) in [6.45, 7) is 5.94. The van der Waals surface area contributed by atoms with E-state index in [1.165, 1.54) is 12.1 Å². The molecule has 0 radical (unpaired) electrons. The maximum absolute atomic E-state index is 12.5. The molecule has 0 unspecified atom stereocenters. The lowest BCUT2D eigenvalue weighted by Crippen LogP contribution is -2.04. The van der Waals surface area contributed by atoms with Crippen molar-refractivity contribution < 1.29 is 13.2 Å². The molecule has 0 aliphatic rings. The fourth-order valence-corrected chi connectivity index (χ4v) is 1.62. The zero-order chi connectivity index (χ0) is 14.5. The molecule has 2 aromatic rings. The fourth-order valence-electron chi connectivity index (χ4n) is 1.62. The highest BCUT2D eigenvalue weighted by molar-refractivity contribution is 5.64. The van der Waals surface area contributed by atoms with Crippen LogP contribution in [0, 0.1) is 6.92 Å². The highest BCUT2D eigenvalue weighted by Crippen LogP contribution is 2.32. The van der Waals surface area contributed by atoms with Gasteiger partial charge in [0.2, 0.25) is 0 Å². The van der Waals surface area contributed by atoms with Crippen molar-refractivity contribution in [1.29, 1.82) is 0 Å². The van der Waals surface area contributed by atoms with Crippen molar-refractivity contribution in [2.24, 2.45) is 0 Å². The molecule has 2 rings (SSSR count). The molecule has 0 saturated carbocycles. The summed E-state index contributed by atoms with van der Waals surface area (Å²) < 4.78 is 37.6. The van der Waals surface area contributed by atoms with Gasteiger partial charge >= 0.3 is 6.18 Å². The first kappa shape index (κ1) is 15.3. The minimum atomic E-state index is -4.29. The van der Waals surface area contributed by atoms with Gasteiger partial charge in [-0.15, -0.1) is 0 Å². The van der Waals surface area contributed by atoms with Crippen molar-refractivity contribution in [2.75, 3.05) is 0 Å². The van der Waals surface area contributed by atoms with Crippen LogP contribution in [0.2, 0.25) is 0 Å². The average molecular weight is 266 g/mol. The Bertz CT molecular complexity index is 510. The Balaban J connectivity index is 0.000000861. The SMILES string of the molecule is CC.Cc1ccc(-c2cccc(C(F)(F)F)c2)cc1. The minimum Gasteiger partial charge on any atom is -0.166 e. The normalized spacial score (nSPS) is 10.6. The third-order valence-electron chi connectivity index (χ3n) is 2.57. The molecule has 0 nitrogen and oxygen atoms in total. The molecule has 19 heavy (non-hydrogen) atoms. The summed E-state index contributed by atoms with van der Waals surface area (Å²) in [4.78, 5) is 0. The highest BCUT2D eigenvalue weighted by Gasteiger charge is 2.30. The molecular weight excluding hydrogens is 249 g/mol. The van der Waals surface area contributed by atoms with Gasteiger partial charge < -0.3 is 0 Å². The van der Waals surface area contributed by atoms with Crippen molar-refractivity contribution in [3.05, 3.63) is 59.7 Å². The predicted octanol–water partition coefficient (Wildman–Crippen LogP) is 5.71. The lowest BCUT2D eigenvalue weighted by Gasteiger charge is -2.09. The van der Waals surface area contributed by atoms with Crippen LogP contribution in [0.4, 0.5) is 13.2 Å². The molecule has 102 valence electrons. The first-order chi connectivity index (χ1) is 8.97. The van der Waals surface area contributed by atoms with E-state index >= 15 is 0 Å². The molecule has 0 N–H and O–H groups in total. The summed E-state index contributed by atoms with van der Waals surface area (Å²) in [5.41, 5.74) is 1.85. The zero-order valence-corrected chi connectivity index (χ0v) is 11.3. The van der Waals surface area contributed by atoms with E-state index < -0.39 is 11.7 Å². The van der Waals surface area contributed by atoms with Gasteiger partial charge in [-0.2, -0.15) is 13.2 Å². The topological polar surface area (TPSA) is 0 Å². The van der Waals surface area contributed by atoms with Crippen LogP contribution in [0.25, 0.3) is 11.1 Å². The van der Waals surface area contributed by atoms with E-state index in [1.54, 1.807) is 6.07 Å². The molecule has 3 heteroatoms. The van der Waals surface area contributed by atoms with Gasteiger partial charge in [0, 0.05) is 0 Å². The smallest absolute Gasteiger partial charge is 0.166 e. The number of alkyl halides is 3. The Kier molecular flexibility index (Phi) is 5.16. The maximum atomic E-state index is 12.5. The van der Waals surface area contributed by atoms with E-state index in [-0.39, 0.29) is 0 Å². The van der Waals surface area contributed by atoms with E-state index in [0.29, 0.717) is 5.56 Å². The minimum absolute atomic E-state index is 0.583. The second-order valence-electron chi connectivity index (χ2n) is 3.94. The van der Waals surface area contributed by atoms with Crippen molar-refractivity contribution in [3.63, 3.8) is 0 Å². The van der Waals surface area contributed by atoms with Crippen molar-refractivity contribution in [2.45, 2.75) is 26.9 Å². The number of benzene rings is 2. The Hall–Kier alpha value is -1.77. The summed E-state index contributed by atoms with van der Waals surface area (Å²) in [7, 11) is 0. The molecule has 0 spiro atoms. The van der Waals surface area contributed by atoms with Crippen LogP contribution in [0.3, 0.4) is 0 Å². The summed E-state index contributed by atoms with van der Waals surface area (Å²) >= 11 is 0. The summed E-state index contributed by atoms with van der Waals surface area (Å²) in [5, 5.41) is 0. The first-order valence-corrected chi connectivity index (χ1v) is 6.21. The third-order valence-corrected chi connectivity index (χ3v) is 2.57. The number of aryl methyl sites for hydroxylation is 1. The monoisotopic (exact) mass is 266 g/mol. The summed E-state index contributed by atoms with van der Waals surface area (Å²) in [6.07, 6.45) is -4.29.